The second-order valence-electron chi connectivity index (χ2n) is 3.30. The summed E-state index contributed by atoms with van der Waals surface area (Å²) in [5.74, 6) is 1.01. The van der Waals surface area contributed by atoms with Gasteiger partial charge < -0.3 is 5.32 Å². The van der Waals surface area contributed by atoms with Gasteiger partial charge in [0.2, 0.25) is 0 Å². The largest absolute Gasteiger partial charge is 0.368 e. The minimum Gasteiger partial charge on any atom is -0.368 e. The number of pyridine rings is 1. The van der Waals surface area contributed by atoms with Crippen LogP contribution in [0.4, 0.5) is 0 Å². The summed E-state index contributed by atoms with van der Waals surface area (Å²) in [4.78, 5) is 8.69. The van der Waals surface area contributed by atoms with E-state index < -0.39 is 0 Å². The van der Waals surface area contributed by atoms with Crippen LogP contribution in [0.15, 0.2) is 17.1 Å². The average Bonchev–Trinajstić information content (AvgIpc) is 2.53. The molecule has 1 aliphatic rings. The standard InChI is InChI=1S/C10H13N3/c1-7-5-9(6-8(2)13-7)10-11-3-4-12-10/h5-6H,3-4H2,1-2H3,(H,11,12). The summed E-state index contributed by atoms with van der Waals surface area (Å²) >= 11 is 0. The van der Waals surface area contributed by atoms with Crippen molar-refractivity contribution >= 4 is 5.84 Å². The number of aromatic nitrogens is 1. The third-order valence-corrected chi connectivity index (χ3v) is 2.03. The first-order valence-corrected chi connectivity index (χ1v) is 4.50. The van der Waals surface area contributed by atoms with Crippen molar-refractivity contribution in [2.24, 2.45) is 4.99 Å². The number of nitrogens with zero attached hydrogens (tertiary/aromatic N) is 2. The molecule has 0 saturated carbocycles. The zero-order valence-corrected chi connectivity index (χ0v) is 7.96. The van der Waals surface area contributed by atoms with Crippen molar-refractivity contribution in [2.75, 3.05) is 13.1 Å². The summed E-state index contributed by atoms with van der Waals surface area (Å²) in [7, 11) is 0. The number of aryl methyl sites for hydroxylation is 2. The molecule has 1 aromatic heterocycles. The minimum absolute atomic E-state index is 0.885. The molecule has 68 valence electrons. The molecule has 2 heterocycles. The Balaban J connectivity index is 2.39. The highest BCUT2D eigenvalue weighted by molar-refractivity contribution is 5.99. The van der Waals surface area contributed by atoms with E-state index in [4.69, 9.17) is 0 Å². The van der Waals surface area contributed by atoms with Crippen molar-refractivity contribution in [1.29, 1.82) is 0 Å². The van der Waals surface area contributed by atoms with Crippen molar-refractivity contribution in [2.45, 2.75) is 13.8 Å². The van der Waals surface area contributed by atoms with Crippen LogP contribution in [0.1, 0.15) is 17.0 Å². The Kier molecular flexibility index (Phi) is 2.00. The maximum Gasteiger partial charge on any atom is 0.128 e. The molecule has 0 aromatic carbocycles. The molecular formula is C10H13N3. The Bertz CT molecular complexity index is 335. The summed E-state index contributed by atoms with van der Waals surface area (Å²) in [6.07, 6.45) is 0. The van der Waals surface area contributed by atoms with E-state index in [-0.39, 0.29) is 0 Å². The van der Waals surface area contributed by atoms with Crippen LogP contribution in [-0.4, -0.2) is 23.9 Å². The van der Waals surface area contributed by atoms with Crippen LogP contribution in [-0.2, 0) is 0 Å². The van der Waals surface area contributed by atoms with Crippen LogP contribution >= 0.6 is 0 Å². The quantitative estimate of drug-likeness (QED) is 0.692. The Morgan fingerprint density at radius 1 is 1.23 bits per heavy atom. The van der Waals surface area contributed by atoms with Gasteiger partial charge >= 0.3 is 0 Å². The van der Waals surface area contributed by atoms with Crippen LogP contribution in [0.2, 0.25) is 0 Å². The van der Waals surface area contributed by atoms with Crippen LogP contribution in [0.5, 0.6) is 0 Å². The second kappa shape index (κ2) is 3.17. The molecule has 1 N–H and O–H groups in total. The third kappa shape index (κ3) is 1.69. The van der Waals surface area contributed by atoms with Crippen molar-refractivity contribution in [3.63, 3.8) is 0 Å². The lowest BCUT2D eigenvalue weighted by Crippen LogP contribution is -2.19. The van der Waals surface area contributed by atoms with Gasteiger partial charge in [-0.05, 0) is 26.0 Å². The van der Waals surface area contributed by atoms with E-state index in [1.807, 2.05) is 13.8 Å². The lowest BCUT2D eigenvalue weighted by molar-refractivity contribution is 0.959. The van der Waals surface area contributed by atoms with E-state index in [0.717, 1.165) is 35.9 Å². The number of hydrogen-bond donors (Lipinski definition) is 1. The number of aliphatic imine (C=N–C) groups is 1. The average molecular weight is 175 g/mol. The highest BCUT2D eigenvalue weighted by Gasteiger charge is 2.08. The fourth-order valence-corrected chi connectivity index (χ4v) is 1.56. The summed E-state index contributed by atoms with van der Waals surface area (Å²) in [5, 5.41) is 3.25. The van der Waals surface area contributed by atoms with Gasteiger partial charge in [0.25, 0.3) is 0 Å². The van der Waals surface area contributed by atoms with Crippen molar-refractivity contribution in [3.8, 4) is 0 Å². The third-order valence-electron chi connectivity index (χ3n) is 2.03. The maximum absolute atomic E-state index is 4.37. The molecule has 0 radical (unpaired) electrons. The van der Waals surface area contributed by atoms with Gasteiger partial charge in [-0.15, -0.1) is 0 Å². The predicted molar refractivity (Wildman–Crippen MR) is 53.1 cm³/mol. The van der Waals surface area contributed by atoms with E-state index in [1.165, 1.54) is 0 Å². The molecule has 0 atom stereocenters. The van der Waals surface area contributed by atoms with Crippen molar-refractivity contribution in [1.82, 2.24) is 10.3 Å². The van der Waals surface area contributed by atoms with Crippen LogP contribution in [0.25, 0.3) is 0 Å². The molecule has 0 unspecified atom stereocenters. The van der Waals surface area contributed by atoms with E-state index in [9.17, 15) is 0 Å². The van der Waals surface area contributed by atoms with Gasteiger partial charge in [-0.2, -0.15) is 0 Å². The van der Waals surface area contributed by atoms with Crippen molar-refractivity contribution < 1.29 is 0 Å². The first-order valence-electron chi connectivity index (χ1n) is 4.50. The zero-order chi connectivity index (χ0) is 9.26. The lowest BCUT2D eigenvalue weighted by Gasteiger charge is -2.04. The summed E-state index contributed by atoms with van der Waals surface area (Å²) in [6, 6.07) is 4.12. The molecule has 3 heteroatoms. The molecule has 0 saturated heterocycles. The molecule has 1 aromatic rings. The van der Waals surface area contributed by atoms with E-state index in [0.29, 0.717) is 0 Å². The SMILES string of the molecule is Cc1cc(C2=NCCN2)cc(C)n1. The molecule has 2 rings (SSSR count). The topological polar surface area (TPSA) is 37.3 Å². The van der Waals surface area contributed by atoms with Gasteiger partial charge in [0.15, 0.2) is 0 Å². The number of amidine groups is 1. The van der Waals surface area contributed by atoms with Gasteiger partial charge in [-0.25, -0.2) is 0 Å². The summed E-state index contributed by atoms with van der Waals surface area (Å²) in [5.41, 5.74) is 3.25. The molecule has 3 nitrogen and oxygen atoms in total. The highest BCUT2D eigenvalue weighted by Crippen LogP contribution is 2.07. The summed E-state index contributed by atoms with van der Waals surface area (Å²) in [6.45, 7) is 5.85. The van der Waals surface area contributed by atoms with Crippen LogP contribution in [0.3, 0.4) is 0 Å². The predicted octanol–water partition coefficient (Wildman–Crippen LogP) is 1.05. The van der Waals surface area contributed by atoms with Gasteiger partial charge in [0, 0.05) is 23.5 Å². The zero-order valence-electron chi connectivity index (χ0n) is 7.96. The van der Waals surface area contributed by atoms with Gasteiger partial charge in [0.1, 0.15) is 5.84 Å². The Morgan fingerprint density at radius 3 is 2.46 bits per heavy atom. The Hall–Kier alpha value is -1.38. The van der Waals surface area contributed by atoms with Crippen molar-refractivity contribution in [3.05, 3.63) is 29.1 Å². The molecule has 0 fully saturated rings. The molecule has 0 bridgehead atoms. The molecule has 0 aliphatic carbocycles. The number of rotatable bonds is 1. The van der Waals surface area contributed by atoms with Gasteiger partial charge in [-0.3, -0.25) is 9.98 Å². The van der Waals surface area contributed by atoms with Gasteiger partial charge in [-0.1, -0.05) is 0 Å². The fraction of sp³-hybridized carbons (Fsp3) is 0.400. The monoisotopic (exact) mass is 175 g/mol. The summed E-state index contributed by atoms with van der Waals surface area (Å²) < 4.78 is 0. The molecule has 0 spiro atoms. The number of hydrogen-bond acceptors (Lipinski definition) is 3. The lowest BCUT2D eigenvalue weighted by atomic mass is 10.2. The van der Waals surface area contributed by atoms with E-state index in [1.54, 1.807) is 0 Å². The van der Waals surface area contributed by atoms with E-state index >= 15 is 0 Å². The highest BCUT2D eigenvalue weighted by atomic mass is 15.1. The Labute approximate surface area is 77.9 Å². The van der Waals surface area contributed by atoms with E-state index in [2.05, 4.69) is 27.4 Å². The Morgan fingerprint density at radius 2 is 1.92 bits per heavy atom. The maximum atomic E-state index is 4.37. The second-order valence-corrected chi connectivity index (χ2v) is 3.30. The van der Waals surface area contributed by atoms with Crippen LogP contribution < -0.4 is 5.32 Å². The molecule has 0 amide bonds. The normalized spacial score (nSPS) is 15.4. The molecule has 13 heavy (non-hydrogen) atoms. The minimum atomic E-state index is 0.885. The first kappa shape index (κ1) is 8.23. The van der Waals surface area contributed by atoms with Gasteiger partial charge in [0.05, 0.1) is 6.54 Å². The fourth-order valence-electron chi connectivity index (χ4n) is 1.56. The number of nitrogens with one attached hydrogen (secondary N) is 1. The smallest absolute Gasteiger partial charge is 0.128 e. The molecule has 1 aliphatic heterocycles. The molecular weight excluding hydrogens is 162 g/mol. The first-order chi connectivity index (χ1) is 6.25. The van der Waals surface area contributed by atoms with Crippen LogP contribution in [0, 0.1) is 13.8 Å².